The summed E-state index contributed by atoms with van der Waals surface area (Å²) in [5.74, 6) is 1.68. The van der Waals surface area contributed by atoms with Crippen LogP contribution in [0.2, 0.25) is 0 Å². The molecule has 1 aliphatic rings. The number of benzene rings is 1. The Balaban J connectivity index is 1.81. The summed E-state index contributed by atoms with van der Waals surface area (Å²) >= 11 is 0. The topological polar surface area (TPSA) is 53.1 Å². The van der Waals surface area contributed by atoms with E-state index in [0.717, 1.165) is 49.7 Å². The number of nitrogens with zero attached hydrogens (tertiary/aromatic N) is 2. The SMILES string of the molecule is Nc1cccc(-c2nccn2CC2CCOCC2)c1. The number of imidazole rings is 1. The van der Waals surface area contributed by atoms with E-state index in [4.69, 9.17) is 10.5 Å². The molecule has 4 nitrogen and oxygen atoms in total. The lowest BCUT2D eigenvalue weighted by atomic mass is 10.0. The highest BCUT2D eigenvalue weighted by atomic mass is 16.5. The van der Waals surface area contributed by atoms with Crippen molar-refractivity contribution in [3.05, 3.63) is 36.7 Å². The van der Waals surface area contributed by atoms with Gasteiger partial charge in [0, 0.05) is 43.4 Å². The summed E-state index contributed by atoms with van der Waals surface area (Å²) in [6, 6.07) is 7.90. The molecule has 1 saturated heterocycles. The van der Waals surface area contributed by atoms with Crippen LogP contribution < -0.4 is 5.73 Å². The van der Waals surface area contributed by atoms with Crippen LogP contribution >= 0.6 is 0 Å². The third kappa shape index (κ3) is 2.79. The minimum atomic E-state index is 0.683. The van der Waals surface area contributed by atoms with E-state index in [1.54, 1.807) is 0 Å². The molecule has 0 bridgehead atoms. The van der Waals surface area contributed by atoms with E-state index in [1.165, 1.54) is 0 Å². The first-order valence-electron chi connectivity index (χ1n) is 6.78. The molecule has 0 atom stereocenters. The first kappa shape index (κ1) is 12.2. The Hall–Kier alpha value is -1.81. The minimum absolute atomic E-state index is 0.683. The molecule has 2 N–H and O–H groups in total. The molecule has 0 unspecified atom stereocenters. The van der Waals surface area contributed by atoms with Gasteiger partial charge in [-0.15, -0.1) is 0 Å². The molecule has 0 radical (unpaired) electrons. The number of nitrogens with two attached hydrogens (primary N) is 1. The van der Waals surface area contributed by atoms with Gasteiger partial charge in [0.25, 0.3) is 0 Å². The highest BCUT2D eigenvalue weighted by Gasteiger charge is 2.16. The summed E-state index contributed by atoms with van der Waals surface area (Å²) in [5.41, 5.74) is 7.70. The smallest absolute Gasteiger partial charge is 0.139 e. The van der Waals surface area contributed by atoms with Crippen LogP contribution in [-0.4, -0.2) is 22.8 Å². The van der Waals surface area contributed by atoms with E-state index in [9.17, 15) is 0 Å². The molecule has 2 aromatic rings. The van der Waals surface area contributed by atoms with Gasteiger partial charge in [0.15, 0.2) is 0 Å². The van der Waals surface area contributed by atoms with Crippen LogP contribution in [0.15, 0.2) is 36.7 Å². The van der Waals surface area contributed by atoms with Crippen LogP contribution in [-0.2, 0) is 11.3 Å². The van der Waals surface area contributed by atoms with Gasteiger partial charge in [0.05, 0.1) is 0 Å². The standard InChI is InChI=1S/C15H19N3O/c16-14-3-1-2-13(10-14)15-17-6-7-18(15)11-12-4-8-19-9-5-12/h1-3,6-7,10,12H,4-5,8-9,11,16H2. The zero-order valence-electron chi connectivity index (χ0n) is 11.0. The zero-order valence-corrected chi connectivity index (χ0v) is 11.0. The van der Waals surface area contributed by atoms with Gasteiger partial charge in [-0.1, -0.05) is 12.1 Å². The molecule has 2 heterocycles. The molecule has 4 heteroatoms. The van der Waals surface area contributed by atoms with Crippen LogP contribution in [0.1, 0.15) is 12.8 Å². The molecule has 1 aliphatic heterocycles. The van der Waals surface area contributed by atoms with Crippen LogP contribution in [0.5, 0.6) is 0 Å². The number of hydrogen-bond donors (Lipinski definition) is 1. The second-order valence-corrected chi connectivity index (χ2v) is 5.08. The summed E-state index contributed by atoms with van der Waals surface area (Å²) < 4.78 is 7.64. The maximum atomic E-state index is 5.85. The largest absolute Gasteiger partial charge is 0.399 e. The summed E-state index contributed by atoms with van der Waals surface area (Å²) in [4.78, 5) is 4.47. The van der Waals surface area contributed by atoms with Crippen molar-refractivity contribution in [3.8, 4) is 11.4 Å². The van der Waals surface area contributed by atoms with Crippen LogP contribution in [0.3, 0.4) is 0 Å². The summed E-state index contributed by atoms with van der Waals surface area (Å²) in [5, 5.41) is 0. The lowest BCUT2D eigenvalue weighted by Crippen LogP contribution is -2.20. The number of hydrogen-bond acceptors (Lipinski definition) is 3. The molecule has 19 heavy (non-hydrogen) atoms. The van der Waals surface area contributed by atoms with Crippen molar-refractivity contribution in [2.75, 3.05) is 18.9 Å². The lowest BCUT2D eigenvalue weighted by molar-refractivity contribution is 0.0614. The number of nitrogen functional groups attached to an aromatic ring is 1. The van der Waals surface area contributed by atoms with Gasteiger partial charge in [0.1, 0.15) is 5.82 Å². The number of ether oxygens (including phenoxy) is 1. The molecule has 0 spiro atoms. The predicted molar refractivity (Wildman–Crippen MR) is 75.6 cm³/mol. The third-order valence-corrected chi connectivity index (χ3v) is 3.66. The minimum Gasteiger partial charge on any atom is -0.399 e. The fraction of sp³-hybridized carbons (Fsp3) is 0.400. The van der Waals surface area contributed by atoms with Crippen molar-refractivity contribution >= 4 is 5.69 Å². The van der Waals surface area contributed by atoms with Crippen LogP contribution in [0, 0.1) is 5.92 Å². The Labute approximate surface area is 113 Å². The monoisotopic (exact) mass is 257 g/mol. The molecular weight excluding hydrogens is 238 g/mol. The van der Waals surface area contributed by atoms with Crippen molar-refractivity contribution in [1.82, 2.24) is 9.55 Å². The number of aromatic nitrogens is 2. The molecule has 1 fully saturated rings. The Kier molecular flexibility index (Phi) is 3.51. The van der Waals surface area contributed by atoms with Crippen molar-refractivity contribution < 1.29 is 4.74 Å². The van der Waals surface area contributed by atoms with Gasteiger partial charge in [-0.3, -0.25) is 0 Å². The van der Waals surface area contributed by atoms with E-state index < -0.39 is 0 Å². The predicted octanol–water partition coefficient (Wildman–Crippen LogP) is 2.56. The molecule has 0 amide bonds. The van der Waals surface area contributed by atoms with Crippen molar-refractivity contribution in [1.29, 1.82) is 0 Å². The van der Waals surface area contributed by atoms with Gasteiger partial charge < -0.3 is 15.0 Å². The quantitative estimate of drug-likeness (QED) is 0.860. The van der Waals surface area contributed by atoms with E-state index >= 15 is 0 Å². The highest BCUT2D eigenvalue weighted by molar-refractivity contribution is 5.61. The maximum absolute atomic E-state index is 5.85. The Morgan fingerprint density at radius 3 is 2.95 bits per heavy atom. The summed E-state index contributed by atoms with van der Waals surface area (Å²) in [6.45, 7) is 2.77. The fourth-order valence-corrected chi connectivity index (χ4v) is 2.60. The van der Waals surface area contributed by atoms with E-state index in [1.807, 2.05) is 30.6 Å². The fourth-order valence-electron chi connectivity index (χ4n) is 2.60. The van der Waals surface area contributed by atoms with Gasteiger partial charge in [-0.25, -0.2) is 4.98 Å². The van der Waals surface area contributed by atoms with Gasteiger partial charge in [0.2, 0.25) is 0 Å². The third-order valence-electron chi connectivity index (χ3n) is 3.66. The molecule has 0 aliphatic carbocycles. The second-order valence-electron chi connectivity index (χ2n) is 5.08. The highest BCUT2D eigenvalue weighted by Crippen LogP contribution is 2.23. The average Bonchev–Trinajstić information content (AvgIpc) is 2.88. The molecule has 100 valence electrons. The van der Waals surface area contributed by atoms with Crippen molar-refractivity contribution in [2.45, 2.75) is 19.4 Å². The molecule has 1 aromatic carbocycles. The summed E-state index contributed by atoms with van der Waals surface area (Å²) in [6.07, 6.45) is 6.18. The van der Waals surface area contributed by atoms with Gasteiger partial charge in [-0.2, -0.15) is 0 Å². The number of rotatable bonds is 3. The lowest BCUT2D eigenvalue weighted by Gasteiger charge is -2.23. The Morgan fingerprint density at radius 2 is 2.16 bits per heavy atom. The molecule has 1 aromatic heterocycles. The molecule has 3 rings (SSSR count). The van der Waals surface area contributed by atoms with E-state index in [0.29, 0.717) is 5.92 Å². The Morgan fingerprint density at radius 1 is 1.32 bits per heavy atom. The molecular formula is C15H19N3O. The summed E-state index contributed by atoms with van der Waals surface area (Å²) in [7, 11) is 0. The normalized spacial score (nSPS) is 16.6. The van der Waals surface area contributed by atoms with Crippen molar-refractivity contribution in [3.63, 3.8) is 0 Å². The number of anilines is 1. The maximum Gasteiger partial charge on any atom is 0.139 e. The van der Waals surface area contributed by atoms with Gasteiger partial charge >= 0.3 is 0 Å². The first-order chi connectivity index (χ1) is 9.33. The Bertz CT molecular complexity index is 544. The molecule has 0 saturated carbocycles. The van der Waals surface area contributed by atoms with E-state index in [2.05, 4.69) is 15.6 Å². The zero-order chi connectivity index (χ0) is 13.1. The van der Waals surface area contributed by atoms with E-state index in [-0.39, 0.29) is 0 Å². The average molecular weight is 257 g/mol. The van der Waals surface area contributed by atoms with Gasteiger partial charge in [-0.05, 0) is 30.9 Å². The van der Waals surface area contributed by atoms with Crippen molar-refractivity contribution in [2.24, 2.45) is 5.92 Å². The first-order valence-corrected chi connectivity index (χ1v) is 6.78. The second kappa shape index (κ2) is 5.45. The van der Waals surface area contributed by atoms with Crippen LogP contribution in [0.4, 0.5) is 5.69 Å². The van der Waals surface area contributed by atoms with Crippen LogP contribution in [0.25, 0.3) is 11.4 Å².